The molecule has 0 aliphatic heterocycles. The van der Waals surface area contributed by atoms with Crippen molar-refractivity contribution in [3.63, 3.8) is 0 Å². The van der Waals surface area contributed by atoms with Gasteiger partial charge in [-0.25, -0.2) is 4.98 Å². The Morgan fingerprint density at radius 1 is 1.19 bits per heavy atom. The van der Waals surface area contributed by atoms with Crippen molar-refractivity contribution in [1.82, 2.24) is 9.55 Å². The molecule has 0 saturated heterocycles. The number of hydrogen-bond acceptors (Lipinski definition) is 2. The van der Waals surface area contributed by atoms with E-state index in [0.29, 0.717) is 17.5 Å². The van der Waals surface area contributed by atoms with Crippen molar-refractivity contribution >= 4 is 34.2 Å². The molecule has 0 N–H and O–H groups in total. The summed E-state index contributed by atoms with van der Waals surface area (Å²) in [5.41, 5.74) is 2.71. The number of fused-ring (bicyclic) bond motifs is 1. The highest BCUT2D eigenvalue weighted by atomic mass is 35.5. The SMILES string of the molecule is CCOc1cccc2c1nc(CCl)n2-c1cccc(Cl)c1. The van der Waals surface area contributed by atoms with Gasteiger partial charge in [0.25, 0.3) is 0 Å². The fraction of sp³-hybridized carbons (Fsp3) is 0.188. The van der Waals surface area contributed by atoms with E-state index in [2.05, 4.69) is 4.98 Å². The highest BCUT2D eigenvalue weighted by Crippen LogP contribution is 2.30. The van der Waals surface area contributed by atoms with Gasteiger partial charge in [0, 0.05) is 10.7 Å². The first-order chi connectivity index (χ1) is 10.2. The number of imidazole rings is 1. The zero-order valence-electron chi connectivity index (χ0n) is 11.5. The van der Waals surface area contributed by atoms with Crippen molar-refractivity contribution in [2.24, 2.45) is 0 Å². The molecule has 3 rings (SSSR count). The van der Waals surface area contributed by atoms with Crippen LogP contribution < -0.4 is 4.74 Å². The van der Waals surface area contributed by atoms with Gasteiger partial charge in [-0.3, -0.25) is 4.57 Å². The summed E-state index contributed by atoms with van der Waals surface area (Å²) in [4.78, 5) is 4.62. The fourth-order valence-corrected chi connectivity index (χ4v) is 2.75. The van der Waals surface area contributed by atoms with E-state index in [1.807, 2.05) is 54.0 Å². The highest BCUT2D eigenvalue weighted by molar-refractivity contribution is 6.30. The third kappa shape index (κ3) is 2.59. The molecule has 0 spiro atoms. The molecule has 5 heteroatoms. The van der Waals surface area contributed by atoms with Gasteiger partial charge in [-0.2, -0.15) is 0 Å². The molecular weight excluding hydrogens is 307 g/mol. The Kier molecular flexibility index (Phi) is 4.04. The van der Waals surface area contributed by atoms with Gasteiger partial charge >= 0.3 is 0 Å². The Bertz CT molecular complexity index is 783. The van der Waals surface area contributed by atoms with E-state index in [4.69, 9.17) is 27.9 Å². The second-order valence-corrected chi connectivity index (χ2v) is 5.24. The summed E-state index contributed by atoms with van der Waals surface area (Å²) in [7, 11) is 0. The third-order valence-corrected chi connectivity index (χ3v) is 3.68. The first-order valence-electron chi connectivity index (χ1n) is 6.69. The van der Waals surface area contributed by atoms with Crippen LogP contribution in [-0.2, 0) is 5.88 Å². The molecule has 0 bridgehead atoms. The lowest BCUT2D eigenvalue weighted by Gasteiger charge is -2.08. The van der Waals surface area contributed by atoms with Gasteiger partial charge in [0.1, 0.15) is 17.1 Å². The molecule has 0 radical (unpaired) electrons. The molecule has 1 heterocycles. The van der Waals surface area contributed by atoms with Crippen LogP contribution in [0, 0.1) is 0 Å². The van der Waals surface area contributed by atoms with Gasteiger partial charge < -0.3 is 4.74 Å². The molecule has 0 aliphatic carbocycles. The van der Waals surface area contributed by atoms with E-state index in [1.54, 1.807) is 0 Å². The Hall–Kier alpha value is -1.71. The van der Waals surface area contributed by atoms with Crippen LogP contribution in [0.1, 0.15) is 12.7 Å². The maximum absolute atomic E-state index is 6.10. The maximum atomic E-state index is 6.10. The first-order valence-corrected chi connectivity index (χ1v) is 7.61. The number of nitrogens with zero attached hydrogens (tertiary/aromatic N) is 2. The number of alkyl halides is 1. The molecule has 0 saturated carbocycles. The lowest BCUT2D eigenvalue weighted by Crippen LogP contribution is -1.99. The van der Waals surface area contributed by atoms with Crippen LogP contribution in [0.25, 0.3) is 16.7 Å². The first kappa shape index (κ1) is 14.2. The predicted molar refractivity (Wildman–Crippen MR) is 86.8 cm³/mol. The summed E-state index contributed by atoms with van der Waals surface area (Å²) in [6.07, 6.45) is 0. The fourth-order valence-electron chi connectivity index (χ4n) is 2.39. The number of benzene rings is 2. The van der Waals surface area contributed by atoms with Crippen LogP contribution in [0.5, 0.6) is 5.75 Å². The summed E-state index contributed by atoms with van der Waals surface area (Å²) in [5.74, 6) is 1.84. The lowest BCUT2D eigenvalue weighted by atomic mass is 10.2. The summed E-state index contributed by atoms with van der Waals surface area (Å²) in [6, 6.07) is 13.5. The normalized spacial score (nSPS) is 11.0. The van der Waals surface area contributed by atoms with Gasteiger partial charge in [0.05, 0.1) is 18.0 Å². The van der Waals surface area contributed by atoms with Crippen molar-refractivity contribution in [2.75, 3.05) is 6.61 Å². The van der Waals surface area contributed by atoms with E-state index in [-0.39, 0.29) is 0 Å². The van der Waals surface area contributed by atoms with Crippen LogP contribution >= 0.6 is 23.2 Å². The van der Waals surface area contributed by atoms with Crippen molar-refractivity contribution in [3.8, 4) is 11.4 Å². The monoisotopic (exact) mass is 320 g/mol. The molecule has 3 nitrogen and oxygen atoms in total. The average molecular weight is 321 g/mol. The molecule has 0 fully saturated rings. The van der Waals surface area contributed by atoms with Gasteiger partial charge in [-0.05, 0) is 37.3 Å². The highest BCUT2D eigenvalue weighted by Gasteiger charge is 2.15. The van der Waals surface area contributed by atoms with Gasteiger partial charge in [-0.1, -0.05) is 23.7 Å². The van der Waals surface area contributed by atoms with Gasteiger partial charge in [0.15, 0.2) is 0 Å². The van der Waals surface area contributed by atoms with E-state index < -0.39 is 0 Å². The smallest absolute Gasteiger partial charge is 0.147 e. The molecule has 0 amide bonds. The summed E-state index contributed by atoms with van der Waals surface area (Å²) < 4.78 is 7.66. The van der Waals surface area contributed by atoms with E-state index in [1.165, 1.54) is 0 Å². The molecule has 0 atom stereocenters. The number of aromatic nitrogens is 2. The molecule has 0 aliphatic rings. The van der Waals surface area contributed by atoms with Crippen LogP contribution in [0.4, 0.5) is 0 Å². The summed E-state index contributed by atoms with van der Waals surface area (Å²) in [6.45, 7) is 2.55. The minimum Gasteiger partial charge on any atom is -0.492 e. The summed E-state index contributed by atoms with van der Waals surface area (Å²) >= 11 is 12.2. The van der Waals surface area contributed by atoms with Crippen molar-refractivity contribution < 1.29 is 4.74 Å². The number of hydrogen-bond donors (Lipinski definition) is 0. The molecule has 21 heavy (non-hydrogen) atoms. The number of halogens is 2. The molecule has 0 unspecified atom stereocenters. The van der Waals surface area contributed by atoms with Gasteiger partial charge in [0.2, 0.25) is 0 Å². The predicted octanol–water partition coefficient (Wildman–Crippen LogP) is 4.82. The third-order valence-electron chi connectivity index (χ3n) is 3.20. The van der Waals surface area contributed by atoms with Gasteiger partial charge in [-0.15, -0.1) is 11.6 Å². The minimum atomic E-state index is 0.312. The molecular formula is C16H14Cl2N2O. The van der Waals surface area contributed by atoms with E-state index >= 15 is 0 Å². The molecule has 3 aromatic rings. The second kappa shape index (κ2) is 5.96. The van der Waals surface area contributed by atoms with Crippen molar-refractivity contribution in [3.05, 3.63) is 53.3 Å². The Labute approximate surface area is 133 Å². The van der Waals surface area contributed by atoms with Crippen LogP contribution in [0.3, 0.4) is 0 Å². The second-order valence-electron chi connectivity index (χ2n) is 4.53. The Morgan fingerprint density at radius 3 is 2.71 bits per heavy atom. The van der Waals surface area contributed by atoms with E-state index in [0.717, 1.165) is 28.3 Å². The Morgan fingerprint density at radius 2 is 2.00 bits per heavy atom. The number of rotatable bonds is 4. The van der Waals surface area contributed by atoms with Crippen LogP contribution in [0.2, 0.25) is 5.02 Å². The van der Waals surface area contributed by atoms with Crippen LogP contribution in [-0.4, -0.2) is 16.2 Å². The molecule has 2 aromatic carbocycles. The standard InChI is InChI=1S/C16H14Cl2N2O/c1-2-21-14-8-4-7-13-16(14)19-15(10-17)20(13)12-6-3-5-11(18)9-12/h3-9H,2,10H2,1H3. The number of ether oxygens (including phenoxy) is 1. The lowest BCUT2D eigenvalue weighted by molar-refractivity contribution is 0.343. The number of para-hydroxylation sites is 1. The van der Waals surface area contributed by atoms with E-state index in [9.17, 15) is 0 Å². The quantitative estimate of drug-likeness (QED) is 0.644. The molecule has 1 aromatic heterocycles. The average Bonchev–Trinajstić information content (AvgIpc) is 2.87. The zero-order valence-corrected chi connectivity index (χ0v) is 13.0. The topological polar surface area (TPSA) is 27.1 Å². The molecule has 108 valence electrons. The zero-order chi connectivity index (χ0) is 14.8. The summed E-state index contributed by atoms with van der Waals surface area (Å²) in [5, 5.41) is 0.677. The van der Waals surface area contributed by atoms with Crippen LogP contribution in [0.15, 0.2) is 42.5 Å². The van der Waals surface area contributed by atoms with Crippen molar-refractivity contribution in [2.45, 2.75) is 12.8 Å². The maximum Gasteiger partial charge on any atom is 0.147 e. The minimum absolute atomic E-state index is 0.312. The van der Waals surface area contributed by atoms with Crippen molar-refractivity contribution in [1.29, 1.82) is 0 Å². The largest absolute Gasteiger partial charge is 0.492 e. The Balaban J connectivity index is 2.28.